The van der Waals surface area contributed by atoms with Crippen LogP contribution >= 0.6 is 0 Å². The lowest BCUT2D eigenvalue weighted by Gasteiger charge is -2.25. The molecule has 1 heteroatoms. The van der Waals surface area contributed by atoms with Crippen molar-refractivity contribution < 1.29 is 0 Å². The average Bonchev–Trinajstić information content (AvgIpc) is 2.66. The zero-order chi connectivity index (χ0) is 10.3. The molecule has 1 aliphatic carbocycles. The molecule has 80 valence electrons. The molecule has 2 unspecified atom stereocenters. The molecule has 3 rings (SSSR count). The van der Waals surface area contributed by atoms with Gasteiger partial charge in [-0.3, -0.25) is 0 Å². The van der Waals surface area contributed by atoms with E-state index >= 15 is 0 Å². The van der Waals surface area contributed by atoms with Crippen LogP contribution in [0.25, 0.3) is 0 Å². The lowest BCUT2D eigenvalue weighted by Crippen LogP contribution is -2.23. The van der Waals surface area contributed by atoms with E-state index in [0.29, 0.717) is 0 Å². The molecule has 0 amide bonds. The van der Waals surface area contributed by atoms with Crippen LogP contribution in [0.5, 0.6) is 0 Å². The zero-order valence-electron chi connectivity index (χ0n) is 9.42. The third-order valence-electron chi connectivity index (χ3n) is 4.03. The van der Waals surface area contributed by atoms with E-state index in [4.69, 9.17) is 0 Å². The van der Waals surface area contributed by atoms with Gasteiger partial charge < -0.3 is 5.32 Å². The number of hydrogen-bond donors (Lipinski definition) is 1. The number of fused-ring (bicyclic) bond motifs is 3. The van der Waals surface area contributed by atoms with E-state index in [1.54, 1.807) is 5.56 Å². The molecule has 0 bridgehead atoms. The first-order chi connectivity index (χ1) is 7.38. The first-order valence-corrected chi connectivity index (χ1v) is 6.28. The fraction of sp³-hybridized carbons (Fsp3) is 0.571. The minimum absolute atomic E-state index is 0.737. The predicted octanol–water partition coefficient (Wildman–Crippen LogP) is 3.70. The Kier molecular flexibility index (Phi) is 2.19. The summed E-state index contributed by atoms with van der Waals surface area (Å²) in [5, 5.41) is 3.69. The number of hydrogen-bond acceptors (Lipinski definition) is 1. The molecule has 0 saturated heterocycles. The van der Waals surface area contributed by atoms with Gasteiger partial charge in [0.05, 0.1) is 0 Å². The van der Waals surface area contributed by atoms with Crippen molar-refractivity contribution in [2.45, 2.75) is 51.0 Å². The molecule has 1 aromatic carbocycles. The standard InChI is InChI=1S/C14H19N/c1-2-10-7-8-14-12(9-10)11-5-3-4-6-13(11)15-14/h7-9,11,13,15H,2-6H2,1H3. The van der Waals surface area contributed by atoms with Gasteiger partial charge in [0, 0.05) is 17.6 Å². The topological polar surface area (TPSA) is 12.0 Å². The summed E-state index contributed by atoms with van der Waals surface area (Å²) in [4.78, 5) is 0. The van der Waals surface area contributed by atoms with Gasteiger partial charge in [0.15, 0.2) is 0 Å². The van der Waals surface area contributed by atoms with Crippen molar-refractivity contribution >= 4 is 5.69 Å². The molecule has 0 spiro atoms. The molecule has 2 aliphatic rings. The summed E-state index contributed by atoms with van der Waals surface area (Å²) in [7, 11) is 0. The first kappa shape index (κ1) is 9.26. The van der Waals surface area contributed by atoms with E-state index < -0.39 is 0 Å². The van der Waals surface area contributed by atoms with Gasteiger partial charge in [0.2, 0.25) is 0 Å². The van der Waals surface area contributed by atoms with Crippen LogP contribution in [0, 0.1) is 0 Å². The normalized spacial score (nSPS) is 28.1. The molecule has 0 radical (unpaired) electrons. The van der Waals surface area contributed by atoms with Gasteiger partial charge in [0.1, 0.15) is 0 Å². The van der Waals surface area contributed by atoms with Crippen molar-refractivity contribution in [2.24, 2.45) is 0 Å². The largest absolute Gasteiger partial charge is 0.381 e. The third kappa shape index (κ3) is 1.45. The van der Waals surface area contributed by atoms with Crippen LogP contribution < -0.4 is 5.32 Å². The second-order valence-corrected chi connectivity index (χ2v) is 4.92. The van der Waals surface area contributed by atoms with Crippen LogP contribution in [-0.4, -0.2) is 6.04 Å². The van der Waals surface area contributed by atoms with E-state index in [1.807, 2.05) is 0 Å². The van der Waals surface area contributed by atoms with Crippen molar-refractivity contribution in [1.29, 1.82) is 0 Å². The van der Waals surface area contributed by atoms with Gasteiger partial charge in [0.25, 0.3) is 0 Å². The van der Waals surface area contributed by atoms with E-state index in [-0.39, 0.29) is 0 Å². The highest BCUT2D eigenvalue weighted by atomic mass is 15.0. The highest BCUT2D eigenvalue weighted by Crippen LogP contribution is 2.43. The van der Waals surface area contributed by atoms with Gasteiger partial charge in [-0.15, -0.1) is 0 Å². The highest BCUT2D eigenvalue weighted by Gasteiger charge is 2.33. The van der Waals surface area contributed by atoms with Gasteiger partial charge >= 0.3 is 0 Å². The Morgan fingerprint density at radius 2 is 2.13 bits per heavy atom. The summed E-state index contributed by atoms with van der Waals surface area (Å²) in [6.07, 6.45) is 6.73. The van der Waals surface area contributed by atoms with Crippen LogP contribution in [-0.2, 0) is 6.42 Å². The Labute approximate surface area is 91.9 Å². The van der Waals surface area contributed by atoms with E-state index in [9.17, 15) is 0 Å². The molecule has 1 aliphatic heterocycles. The number of rotatable bonds is 1. The molecule has 2 atom stereocenters. The monoisotopic (exact) mass is 201 g/mol. The summed E-state index contributed by atoms with van der Waals surface area (Å²) < 4.78 is 0. The summed E-state index contributed by atoms with van der Waals surface area (Å²) >= 11 is 0. The quantitative estimate of drug-likeness (QED) is 0.730. The van der Waals surface area contributed by atoms with Crippen molar-refractivity contribution in [3.63, 3.8) is 0 Å². The minimum Gasteiger partial charge on any atom is -0.381 e. The average molecular weight is 201 g/mol. The number of benzene rings is 1. The maximum Gasteiger partial charge on any atom is 0.0378 e. The molecule has 1 heterocycles. The van der Waals surface area contributed by atoms with Crippen LogP contribution in [0.4, 0.5) is 5.69 Å². The Hall–Kier alpha value is -0.980. The lowest BCUT2D eigenvalue weighted by molar-refractivity contribution is 0.422. The van der Waals surface area contributed by atoms with E-state index in [2.05, 4.69) is 30.4 Å². The van der Waals surface area contributed by atoms with Crippen molar-refractivity contribution in [3.05, 3.63) is 29.3 Å². The molecule has 1 fully saturated rings. The fourth-order valence-corrected chi connectivity index (χ4v) is 3.15. The maximum absolute atomic E-state index is 3.69. The van der Waals surface area contributed by atoms with Crippen molar-refractivity contribution in [1.82, 2.24) is 0 Å². The maximum atomic E-state index is 3.69. The van der Waals surface area contributed by atoms with E-state index in [1.165, 1.54) is 36.9 Å². The molecule has 1 N–H and O–H groups in total. The third-order valence-corrected chi connectivity index (χ3v) is 4.03. The minimum atomic E-state index is 0.737. The number of anilines is 1. The fourth-order valence-electron chi connectivity index (χ4n) is 3.15. The summed E-state index contributed by atoms with van der Waals surface area (Å²) in [6.45, 7) is 2.24. The first-order valence-electron chi connectivity index (χ1n) is 6.28. The van der Waals surface area contributed by atoms with Crippen LogP contribution in [0.2, 0.25) is 0 Å². The van der Waals surface area contributed by atoms with Gasteiger partial charge in [-0.25, -0.2) is 0 Å². The zero-order valence-corrected chi connectivity index (χ0v) is 9.42. The molecular formula is C14H19N. The molecular weight excluding hydrogens is 182 g/mol. The molecule has 1 aromatic rings. The van der Waals surface area contributed by atoms with Crippen LogP contribution in [0.1, 0.15) is 49.7 Å². The summed E-state index contributed by atoms with van der Waals surface area (Å²) in [6, 6.07) is 7.72. The Morgan fingerprint density at radius 3 is 3.00 bits per heavy atom. The highest BCUT2D eigenvalue weighted by molar-refractivity contribution is 5.60. The van der Waals surface area contributed by atoms with Crippen LogP contribution in [0.15, 0.2) is 18.2 Å². The second kappa shape index (κ2) is 3.55. The van der Waals surface area contributed by atoms with Crippen molar-refractivity contribution in [2.75, 3.05) is 5.32 Å². The van der Waals surface area contributed by atoms with Gasteiger partial charge in [-0.1, -0.05) is 31.9 Å². The Bertz CT molecular complexity index is 370. The second-order valence-electron chi connectivity index (χ2n) is 4.92. The van der Waals surface area contributed by atoms with Gasteiger partial charge in [-0.2, -0.15) is 0 Å². The molecule has 1 nitrogen and oxygen atoms in total. The number of aryl methyl sites for hydroxylation is 1. The molecule has 15 heavy (non-hydrogen) atoms. The van der Waals surface area contributed by atoms with E-state index in [0.717, 1.165) is 18.4 Å². The van der Waals surface area contributed by atoms with Crippen LogP contribution in [0.3, 0.4) is 0 Å². The summed E-state index contributed by atoms with van der Waals surface area (Å²) in [5.74, 6) is 0.806. The lowest BCUT2D eigenvalue weighted by atomic mass is 9.82. The Balaban J connectivity index is 1.98. The smallest absolute Gasteiger partial charge is 0.0378 e. The number of nitrogens with one attached hydrogen (secondary N) is 1. The summed E-state index contributed by atoms with van der Waals surface area (Å²) in [5.41, 5.74) is 4.49. The molecule has 1 saturated carbocycles. The predicted molar refractivity (Wildman–Crippen MR) is 64.4 cm³/mol. The molecule has 0 aromatic heterocycles. The van der Waals surface area contributed by atoms with Gasteiger partial charge in [-0.05, 0) is 36.5 Å². The SMILES string of the molecule is CCc1ccc2c(c1)C1CCCCC1N2. The Morgan fingerprint density at radius 1 is 1.27 bits per heavy atom. The van der Waals surface area contributed by atoms with Crippen molar-refractivity contribution in [3.8, 4) is 0 Å².